The van der Waals surface area contributed by atoms with E-state index < -0.39 is 0 Å². The Morgan fingerprint density at radius 3 is 2.73 bits per heavy atom. The molecule has 0 radical (unpaired) electrons. The normalized spacial score (nSPS) is 18.0. The number of morpholine rings is 1. The molecule has 1 aliphatic rings. The Morgan fingerprint density at radius 1 is 1.14 bits per heavy atom. The topological polar surface area (TPSA) is 39.7 Å². The molecule has 1 fully saturated rings. The first-order valence-corrected chi connectivity index (χ1v) is 7.52. The Morgan fingerprint density at radius 2 is 2.00 bits per heavy atom. The third-order valence-corrected chi connectivity index (χ3v) is 3.75. The maximum atomic E-state index is 5.88. The van der Waals surface area contributed by atoms with Crippen molar-refractivity contribution in [3.63, 3.8) is 0 Å². The van der Waals surface area contributed by atoms with E-state index in [4.69, 9.17) is 14.2 Å². The van der Waals surface area contributed by atoms with Gasteiger partial charge in [-0.05, 0) is 23.3 Å². The van der Waals surface area contributed by atoms with Crippen LogP contribution in [0, 0.1) is 0 Å². The van der Waals surface area contributed by atoms with Crippen LogP contribution in [-0.2, 0) is 11.3 Å². The molecule has 0 bridgehead atoms. The minimum absolute atomic E-state index is 0.214. The fourth-order valence-electron chi connectivity index (χ4n) is 2.53. The molecule has 3 rings (SSSR count). The lowest BCUT2D eigenvalue weighted by molar-refractivity contribution is 0.0768. The van der Waals surface area contributed by atoms with Crippen molar-refractivity contribution in [2.24, 2.45) is 0 Å². The van der Waals surface area contributed by atoms with Gasteiger partial charge in [0.05, 0.1) is 26.4 Å². The average Bonchev–Trinajstić information content (AvgIpc) is 2.61. The van der Waals surface area contributed by atoms with Gasteiger partial charge in [0.1, 0.15) is 6.61 Å². The Bertz CT molecular complexity index is 595. The molecule has 1 aliphatic heterocycles. The summed E-state index contributed by atoms with van der Waals surface area (Å²) in [6.07, 6.45) is 0. The van der Waals surface area contributed by atoms with Crippen LogP contribution in [0.2, 0.25) is 0 Å². The molecule has 4 heteroatoms. The van der Waals surface area contributed by atoms with Gasteiger partial charge >= 0.3 is 0 Å². The van der Waals surface area contributed by atoms with Crippen molar-refractivity contribution in [2.45, 2.75) is 12.6 Å². The number of rotatable bonds is 5. The fraction of sp³-hybridized carbons (Fsp3) is 0.333. The monoisotopic (exact) mass is 299 g/mol. The van der Waals surface area contributed by atoms with Crippen LogP contribution in [0.1, 0.15) is 17.2 Å². The maximum absolute atomic E-state index is 5.88. The van der Waals surface area contributed by atoms with Crippen molar-refractivity contribution in [1.82, 2.24) is 5.32 Å². The van der Waals surface area contributed by atoms with Crippen LogP contribution in [0.5, 0.6) is 11.5 Å². The van der Waals surface area contributed by atoms with Gasteiger partial charge in [0.2, 0.25) is 0 Å². The van der Waals surface area contributed by atoms with E-state index in [1.54, 1.807) is 7.11 Å². The molecule has 2 aromatic carbocycles. The molecule has 1 heterocycles. The first-order chi connectivity index (χ1) is 10.9. The second kappa shape index (κ2) is 7.29. The van der Waals surface area contributed by atoms with Gasteiger partial charge in [-0.2, -0.15) is 0 Å². The van der Waals surface area contributed by atoms with E-state index in [2.05, 4.69) is 11.4 Å². The first kappa shape index (κ1) is 14.9. The average molecular weight is 299 g/mol. The largest absolute Gasteiger partial charge is 0.493 e. The number of benzene rings is 2. The zero-order chi connectivity index (χ0) is 15.2. The van der Waals surface area contributed by atoms with Gasteiger partial charge in [-0.25, -0.2) is 0 Å². The van der Waals surface area contributed by atoms with Crippen molar-refractivity contribution < 1.29 is 14.2 Å². The number of methoxy groups -OCH3 is 1. The molecular weight excluding hydrogens is 278 g/mol. The lowest BCUT2D eigenvalue weighted by Crippen LogP contribution is -2.34. The van der Waals surface area contributed by atoms with Gasteiger partial charge in [-0.15, -0.1) is 0 Å². The van der Waals surface area contributed by atoms with Crippen LogP contribution in [0.4, 0.5) is 0 Å². The summed E-state index contributed by atoms with van der Waals surface area (Å²) in [5.41, 5.74) is 2.29. The smallest absolute Gasteiger partial charge is 0.161 e. The van der Waals surface area contributed by atoms with Gasteiger partial charge in [0.15, 0.2) is 11.5 Å². The highest BCUT2D eigenvalue weighted by atomic mass is 16.5. The highest BCUT2D eigenvalue weighted by Gasteiger charge is 2.17. The third-order valence-electron chi connectivity index (χ3n) is 3.75. The van der Waals surface area contributed by atoms with Crippen LogP contribution >= 0.6 is 0 Å². The fourth-order valence-corrected chi connectivity index (χ4v) is 2.53. The molecule has 1 N–H and O–H groups in total. The predicted octanol–water partition coefficient (Wildman–Crippen LogP) is 2.94. The van der Waals surface area contributed by atoms with Crippen molar-refractivity contribution in [3.05, 3.63) is 59.7 Å². The summed E-state index contributed by atoms with van der Waals surface area (Å²) in [5.74, 6) is 1.51. The maximum Gasteiger partial charge on any atom is 0.161 e. The summed E-state index contributed by atoms with van der Waals surface area (Å²) >= 11 is 0. The zero-order valence-electron chi connectivity index (χ0n) is 12.7. The van der Waals surface area contributed by atoms with Gasteiger partial charge in [-0.3, -0.25) is 0 Å². The van der Waals surface area contributed by atoms with Crippen molar-refractivity contribution in [1.29, 1.82) is 0 Å². The second-order valence-electron chi connectivity index (χ2n) is 5.27. The summed E-state index contributed by atoms with van der Waals surface area (Å²) in [6.45, 7) is 2.86. The number of hydrogen-bond acceptors (Lipinski definition) is 4. The van der Waals surface area contributed by atoms with Gasteiger partial charge < -0.3 is 19.5 Å². The predicted molar refractivity (Wildman–Crippen MR) is 85.3 cm³/mol. The summed E-state index contributed by atoms with van der Waals surface area (Å²) in [7, 11) is 1.67. The van der Waals surface area contributed by atoms with E-state index in [1.165, 1.54) is 0 Å². The molecule has 1 atom stereocenters. The Labute approximate surface area is 131 Å². The van der Waals surface area contributed by atoms with Crippen LogP contribution in [0.15, 0.2) is 48.5 Å². The molecular formula is C18H21NO3. The molecule has 4 nitrogen and oxygen atoms in total. The Balaban J connectivity index is 1.71. The molecule has 0 saturated carbocycles. The molecule has 2 aromatic rings. The van der Waals surface area contributed by atoms with E-state index in [9.17, 15) is 0 Å². The quantitative estimate of drug-likeness (QED) is 0.921. The van der Waals surface area contributed by atoms with Crippen molar-refractivity contribution >= 4 is 0 Å². The molecule has 0 aliphatic carbocycles. The van der Waals surface area contributed by atoms with Gasteiger partial charge in [0.25, 0.3) is 0 Å². The third kappa shape index (κ3) is 3.59. The van der Waals surface area contributed by atoms with Gasteiger partial charge in [0, 0.05) is 6.54 Å². The Hall–Kier alpha value is -2.04. The molecule has 116 valence electrons. The minimum atomic E-state index is 0.214. The molecule has 0 amide bonds. The molecule has 22 heavy (non-hydrogen) atoms. The SMILES string of the molecule is COc1cc([C@@H]2COCCN2)ccc1OCc1ccccc1. The van der Waals surface area contributed by atoms with Gasteiger partial charge in [-0.1, -0.05) is 36.4 Å². The van der Waals surface area contributed by atoms with Crippen LogP contribution in [0.3, 0.4) is 0 Å². The molecule has 0 spiro atoms. The van der Waals surface area contributed by atoms with E-state index in [0.29, 0.717) is 13.2 Å². The molecule has 1 saturated heterocycles. The second-order valence-corrected chi connectivity index (χ2v) is 5.27. The van der Waals surface area contributed by atoms with Crippen LogP contribution in [0.25, 0.3) is 0 Å². The summed E-state index contributed by atoms with van der Waals surface area (Å²) in [5, 5.41) is 3.44. The number of ether oxygens (including phenoxy) is 3. The molecule has 0 unspecified atom stereocenters. The van der Waals surface area contributed by atoms with E-state index in [1.807, 2.05) is 42.5 Å². The number of nitrogens with one attached hydrogen (secondary N) is 1. The highest BCUT2D eigenvalue weighted by Crippen LogP contribution is 2.31. The summed E-state index contributed by atoms with van der Waals surface area (Å²) < 4.78 is 16.9. The first-order valence-electron chi connectivity index (χ1n) is 7.52. The van der Waals surface area contributed by atoms with E-state index >= 15 is 0 Å². The summed E-state index contributed by atoms with van der Waals surface area (Å²) in [6, 6.07) is 16.4. The van der Waals surface area contributed by atoms with E-state index in [0.717, 1.165) is 35.8 Å². The van der Waals surface area contributed by atoms with E-state index in [-0.39, 0.29) is 6.04 Å². The minimum Gasteiger partial charge on any atom is -0.493 e. The van der Waals surface area contributed by atoms with Crippen LogP contribution < -0.4 is 14.8 Å². The van der Waals surface area contributed by atoms with Crippen molar-refractivity contribution in [3.8, 4) is 11.5 Å². The summed E-state index contributed by atoms with van der Waals surface area (Å²) in [4.78, 5) is 0. The zero-order valence-corrected chi connectivity index (χ0v) is 12.7. The van der Waals surface area contributed by atoms with Crippen molar-refractivity contribution in [2.75, 3.05) is 26.9 Å². The van der Waals surface area contributed by atoms with Crippen LogP contribution in [-0.4, -0.2) is 26.9 Å². The standard InChI is InChI=1S/C18H21NO3/c1-20-18-11-15(16-13-21-10-9-19-16)7-8-17(18)22-12-14-5-3-2-4-6-14/h2-8,11,16,19H,9-10,12-13H2,1H3/t16-/m0/s1. The lowest BCUT2D eigenvalue weighted by Gasteiger charge is -2.24. The number of hydrogen-bond donors (Lipinski definition) is 1. The molecule has 0 aromatic heterocycles. The Kier molecular flexibility index (Phi) is 4.93. The highest BCUT2D eigenvalue weighted by molar-refractivity contribution is 5.44. The lowest BCUT2D eigenvalue weighted by atomic mass is 10.1.